The molecule has 0 N–H and O–H groups in total. The fraction of sp³-hybridized carbons (Fsp3) is 0. The molecule has 0 amide bonds. The summed E-state index contributed by atoms with van der Waals surface area (Å²) in [5.74, 6) is 2.31. The van der Waals surface area contributed by atoms with Crippen LogP contribution in [0.4, 0.5) is 0 Å². The van der Waals surface area contributed by atoms with Gasteiger partial charge in [0.1, 0.15) is 16.7 Å². The zero-order valence-corrected chi connectivity index (χ0v) is 26.5. The first kappa shape index (κ1) is 27.1. The maximum absolute atomic E-state index is 6.69. The number of fused-ring (bicyclic) bond motifs is 5. The van der Waals surface area contributed by atoms with Crippen LogP contribution < -0.4 is 0 Å². The second-order valence-electron chi connectivity index (χ2n) is 12.6. The van der Waals surface area contributed by atoms with Crippen LogP contribution in [0.5, 0.6) is 0 Å². The van der Waals surface area contributed by atoms with Crippen LogP contribution in [0.2, 0.25) is 0 Å². The van der Waals surface area contributed by atoms with Gasteiger partial charge in [0, 0.05) is 38.2 Å². The third-order valence-electron chi connectivity index (χ3n) is 9.69. The molecule has 0 saturated heterocycles. The van der Waals surface area contributed by atoms with Crippen LogP contribution in [-0.2, 0) is 0 Å². The summed E-state index contributed by atoms with van der Waals surface area (Å²) in [4.78, 5) is 20.3. The lowest BCUT2D eigenvalue weighted by Crippen LogP contribution is -2.00. The zero-order valence-electron chi connectivity index (χ0n) is 26.5. The van der Waals surface area contributed by atoms with Crippen LogP contribution >= 0.6 is 0 Å². The number of nitrogens with zero attached hydrogens (tertiary/aromatic N) is 4. The van der Waals surface area contributed by atoms with E-state index in [-0.39, 0.29) is 0 Å². The van der Waals surface area contributed by atoms with E-state index in [1.165, 1.54) is 0 Å². The van der Waals surface area contributed by atoms with Gasteiger partial charge >= 0.3 is 0 Å². The van der Waals surface area contributed by atoms with Gasteiger partial charge in [0.25, 0.3) is 0 Å². The van der Waals surface area contributed by atoms with Gasteiger partial charge in [-0.05, 0) is 64.0 Å². The fourth-order valence-electron chi connectivity index (χ4n) is 7.28. The Morgan fingerprint density at radius 2 is 1.02 bits per heavy atom. The molecule has 11 aromatic rings. The molecule has 0 atom stereocenters. The van der Waals surface area contributed by atoms with Crippen LogP contribution in [0, 0.1) is 0 Å². The molecule has 3 heterocycles. The van der Waals surface area contributed by atoms with Crippen LogP contribution in [0.25, 0.3) is 111 Å². The molecule has 0 aliphatic carbocycles. The molecule has 0 fully saturated rings. The summed E-state index contributed by atoms with van der Waals surface area (Å²) in [6.45, 7) is 0. The maximum Gasteiger partial charge on any atom is 0.227 e. The highest BCUT2D eigenvalue weighted by Gasteiger charge is 2.25. The Morgan fingerprint density at radius 1 is 0.380 bits per heavy atom. The molecule has 3 aromatic heterocycles. The Hall–Kier alpha value is -6.92. The highest BCUT2D eigenvalue weighted by atomic mass is 16.3. The number of hydrogen-bond donors (Lipinski definition) is 0. The van der Waals surface area contributed by atoms with E-state index in [0.29, 0.717) is 28.9 Å². The first-order valence-electron chi connectivity index (χ1n) is 16.6. The molecule has 0 saturated carbocycles. The van der Waals surface area contributed by atoms with E-state index in [0.717, 1.165) is 82.0 Å². The quantitative estimate of drug-likeness (QED) is 0.178. The molecule has 50 heavy (non-hydrogen) atoms. The van der Waals surface area contributed by atoms with E-state index in [9.17, 15) is 0 Å². The molecule has 0 aliphatic rings. The predicted molar refractivity (Wildman–Crippen MR) is 200 cm³/mol. The van der Waals surface area contributed by atoms with Gasteiger partial charge in [-0.15, -0.1) is 0 Å². The van der Waals surface area contributed by atoms with E-state index in [1.807, 2.05) is 72.8 Å². The largest absolute Gasteiger partial charge is 0.455 e. The first-order valence-corrected chi connectivity index (χ1v) is 16.6. The molecule has 232 valence electrons. The summed E-state index contributed by atoms with van der Waals surface area (Å²) in [6.07, 6.45) is 0. The van der Waals surface area contributed by atoms with Crippen molar-refractivity contribution >= 4 is 65.4 Å². The molecule has 0 spiro atoms. The topological polar surface area (TPSA) is 77.8 Å². The average molecular weight is 641 g/mol. The molecule has 0 unspecified atom stereocenters. The summed E-state index contributed by atoms with van der Waals surface area (Å²) in [5, 5.41) is 8.46. The molecule has 0 radical (unpaired) electrons. The van der Waals surface area contributed by atoms with Gasteiger partial charge in [0.15, 0.2) is 23.1 Å². The van der Waals surface area contributed by atoms with Crippen molar-refractivity contribution in [3.8, 4) is 45.6 Å². The summed E-state index contributed by atoms with van der Waals surface area (Å²) in [7, 11) is 0. The van der Waals surface area contributed by atoms with E-state index in [2.05, 4.69) is 72.8 Å². The third-order valence-corrected chi connectivity index (χ3v) is 9.69. The van der Waals surface area contributed by atoms with E-state index < -0.39 is 0 Å². The average Bonchev–Trinajstić information content (AvgIpc) is 3.81. The van der Waals surface area contributed by atoms with Crippen molar-refractivity contribution in [2.75, 3.05) is 0 Å². The Labute approximate surface area is 284 Å². The summed E-state index contributed by atoms with van der Waals surface area (Å²) in [6, 6.07) is 49.5. The minimum absolute atomic E-state index is 0.534. The minimum atomic E-state index is 0.534. The summed E-state index contributed by atoms with van der Waals surface area (Å²) in [5.41, 5.74) is 6.56. The van der Waals surface area contributed by atoms with Crippen molar-refractivity contribution in [1.29, 1.82) is 0 Å². The second-order valence-corrected chi connectivity index (χ2v) is 12.6. The molecule has 6 nitrogen and oxygen atoms in total. The molecular formula is C44H24N4O2. The number of benzene rings is 8. The number of oxazole rings is 1. The standard InChI is InChI=1S/C44H24N4O2/c1-2-11-27(12-3-1)44-45-38-32-15-8-16-35-36(32)37-33(40(38)50-44)21-22-34(39(37)49-35)43-47-41(30-19-17-25-9-4-6-13-28(25)23-30)46-42(48-43)31-20-18-26-10-5-7-14-29(26)24-31/h1-24H. The third kappa shape index (κ3) is 4.02. The first-order chi connectivity index (χ1) is 24.7. The molecule has 0 aliphatic heterocycles. The lowest BCUT2D eigenvalue weighted by molar-refractivity contribution is 0.623. The molecule has 0 bridgehead atoms. The SMILES string of the molecule is c1ccc(-c2nc3c4cccc5oc6c(-c7nc(-c8ccc9ccccc9c8)nc(-c8ccc9ccccc9c8)n7)ccc(c3o2)c6c54)cc1. The summed E-state index contributed by atoms with van der Waals surface area (Å²) >= 11 is 0. The van der Waals surface area contributed by atoms with Gasteiger partial charge in [0.05, 0.1) is 5.56 Å². The minimum Gasteiger partial charge on any atom is -0.455 e. The van der Waals surface area contributed by atoms with Gasteiger partial charge in [0.2, 0.25) is 5.89 Å². The van der Waals surface area contributed by atoms with Crippen molar-refractivity contribution in [3.05, 3.63) is 146 Å². The molecule has 6 heteroatoms. The van der Waals surface area contributed by atoms with Gasteiger partial charge in [-0.2, -0.15) is 0 Å². The molecular weight excluding hydrogens is 617 g/mol. The fourth-order valence-corrected chi connectivity index (χ4v) is 7.28. The van der Waals surface area contributed by atoms with E-state index in [1.54, 1.807) is 0 Å². The van der Waals surface area contributed by atoms with Crippen molar-refractivity contribution in [2.24, 2.45) is 0 Å². The predicted octanol–water partition coefficient (Wildman–Crippen LogP) is 11.5. The number of rotatable bonds is 4. The van der Waals surface area contributed by atoms with E-state index >= 15 is 0 Å². The Kier molecular flexibility index (Phi) is 5.57. The van der Waals surface area contributed by atoms with Gasteiger partial charge in [-0.1, -0.05) is 103 Å². The van der Waals surface area contributed by atoms with Crippen LogP contribution in [0.3, 0.4) is 0 Å². The number of furan rings is 1. The Morgan fingerprint density at radius 3 is 1.72 bits per heavy atom. The number of hydrogen-bond acceptors (Lipinski definition) is 6. The van der Waals surface area contributed by atoms with Crippen LogP contribution in [-0.4, -0.2) is 19.9 Å². The maximum atomic E-state index is 6.69. The van der Waals surface area contributed by atoms with Gasteiger partial charge < -0.3 is 8.83 Å². The van der Waals surface area contributed by atoms with Gasteiger partial charge in [-0.3, -0.25) is 0 Å². The van der Waals surface area contributed by atoms with Crippen molar-refractivity contribution in [2.45, 2.75) is 0 Å². The van der Waals surface area contributed by atoms with Crippen LogP contribution in [0.1, 0.15) is 0 Å². The lowest BCUT2D eigenvalue weighted by atomic mass is 9.98. The number of aromatic nitrogens is 4. The molecule has 11 rings (SSSR count). The van der Waals surface area contributed by atoms with Crippen molar-refractivity contribution < 1.29 is 8.83 Å². The monoisotopic (exact) mass is 640 g/mol. The van der Waals surface area contributed by atoms with Crippen LogP contribution in [0.15, 0.2) is 154 Å². The highest BCUT2D eigenvalue weighted by molar-refractivity contribution is 6.32. The van der Waals surface area contributed by atoms with Gasteiger partial charge in [-0.25, -0.2) is 19.9 Å². The second kappa shape index (κ2) is 10.3. The molecule has 8 aromatic carbocycles. The van der Waals surface area contributed by atoms with Crippen molar-refractivity contribution in [3.63, 3.8) is 0 Å². The van der Waals surface area contributed by atoms with E-state index in [4.69, 9.17) is 28.8 Å². The van der Waals surface area contributed by atoms with Crippen molar-refractivity contribution in [1.82, 2.24) is 19.9 Å². The zero-order chi connectivity index (χ0) is 32.8. The smallest absolute Gasteiger partial charge is 0.227 e. The Balaban J connectivity index is 1.18. The summed E-state index contributed by atoms with van der Waals surface area (Å²) < 4.78 is 13.2. The Bertz CT molecular complexity index is 3010. The lowest BCUT2D eigenvalue weighted by Gasteiger charge is -2.10. The highest BCUT2D eigenvalue weighted by Crippen LogP contribution is 2.46. The normalized spacial score (nSPS) is 12.0.